The number of amides is 1. The minimum absolute atomic E-state index is 0.186. The van der Waals surface area contributed by atoms with Gasteiger partial charge in [-0.05, 0) is 48.5 Å². The molecule has 0 atom stereocenters. The van der Waals surface area contributed by atoms with Crippen molar-refractivity contribution in [2.24, 2.45) is 0 Å². The molecule has 118 valence electrons. The van der Waals surface area contributed by atoms with E-state index in [0.717, 1.165) is 6.08 Å². The summed E-state index contributed by atoms with van der Waals surface area (Å²) in [6, 6.07) is 10.8. The maximum Gasteiger partial charge on any atom is 0.336 e. The highest BCUT2D eigenvalue weighted by molar-refractivity contribution is 9.10. The summed E-state index contributed by atoms with van der Waals surface area (Å²) >= 11 is 3.23. The van der Waals surface area contributed by atoms with E-state index in [2.05, 4.69) is 21.2 Å². The van der Waals surface area contributed by atoms with Crippen LogP contribution >= 0.6 is 15.9 Å². The maximum absolute atomic E-state index is 13.5. The van der Waals surface area contributed by atoms with Crippen molar-refractivity contribution in [2.75, 3.05) is 5.32 Å². The molecule has 0 heterocycles. The molecule has 23 heavy (non-hydrogen) atoms. The highest BCUT2D eigenvalue weighted by Gasteiger charge is 2.04. The normalized spacial score (nSPS) is 10.6. The summed E-state index contributed by atoms with van der Waals surface area (Å²) in [5, 5.41) is 2.60. The molecule has 0 saturated heterocycles. The van der Waals surface area contributed by atoms with Gasteiger partial charge in [0.2, 0.25) is 5.91 Å². The third-order valence-corrected chi connectivity index (χ3v) is 3.24. The molecule has 0 unspecified atom stereocenters. The molecule has 0 aromatic heterocycles. The lowest BCUT2D eigenvalue weighted by molar-refractivity contribution is -0.128. The van der Waals surface area contributed by atoms with Gasteiger partial charge < -0.3 is 10.1 Å². The van der Waals surface area contributed by atoms with Crippen LogP contribution in [0.1, 0.15) is 12.5 Å². The summed E-state index contributed by atoms with van der Waals surface area (Å²) in [6.07, 6.45) is 2.49. The van der Waals surface area contributed by atoms with E-state index in [0.29, 0.717) is 15.9 Å². The molecule has 1 N–H and O–H groups in total. The first kappa shape index (κ1) is 16.9. The van der Waals surface area contributed by atoms with Gasteiger partial charge in [-0.1, -0.05) is 15.9 Å². The fourth-order valence-corrected chi connectivity index (χ4v) is 2.14. The second-order valence-electron chi connectivity index (χ2n) is 4.63. The monoisotopic (exact) mass is 377 g/mol. The number of nitrogens with one attached hydrogen (secondary N) is 1. The zero-order chi connectivity index (χ0) is 16.8. The molecular formula is C17H13BrFNO3. The lowest BCUT2D eigenvalue weighted by Gasteiger charge is -2.04. The van der Waals surface area contributed by atoms with E-state index in [-0.39, 0.29) is 11.5 Å². The first-order chi connectivity index (χ1) is 10.9. The summed E-state index contributed by atoms with van der Waals surface area (Å²) in [5.74, 6) is -0.925. The SMILES string of the molecule is CC(=O)Nc1ccc(OC(=O)/C=C/c2cc(Br)ccc2F)cc1. The van der Waals surface area contributed by atoms with E-state index in [9.17, 15) is 14.0 Å². The third kappa shape index (κ3) is 5.34. The average Bonchev–Trinajstić information content (AvgIpc) is 2.50. The first-order valence-corrected chi connectivity index (χ1v) is 7.46. The van der Waals surface area contributed by atoms with Crippen LogP contribution in [0.25, 0.3) is 6.08 Å². The van der Waals surface area contributed by atoms with E-state index in [1.54, 1.807) is 36.4 Å². The predicted molar refractivity (Wildman–Crippen MR) is 89.5 cm³/mol. The Bertz CT molecular complexity index is 757. The van der Waals surface area contributed by atoms with E-state index >= 15 is 0 Å². The topological polar surface area (TPSA) is 55.4 Å². The van der Waals surface area contributed by atoms with E-state index in [4.69, 9.17) is 4.74 Å². The summed E-state index contributed by atoms with van der Waals surface area (Å²) in [6.45, 7) is 1.40. The van der Waals surface area contributed by atoms with Crippen LogP contribution in [0.4, 0.5) is 10.1 Å². The molecule has 2 rings (SSSR count). The molecule has 6 heteroatoms. The second kappa shape index (κ2) is 7.69. The number of ether oxygens (including phenoxy) is 1. The number of hydrogen-bond donors (Lipinski definition) is 1. The molecule has 0 bridgehead atoms. The average molecular weight is 378 g/mol. The quantitative estimate of drug-likeness (QED) is 0.494. The molecule has 0 radical (unpaired) electrons. The Labute approximate surface area is 141 Å². The summed E-state index contributed by atoms with van der Waals surface area (Å²) in [7, 11) is 0. The van der Waals surface area contributed by atoms with Gasteiger partial charge in [-0.2, -0.15) is 0 Å². The Kier molecular flexibility index (Phi) is 5.65. The number of benzene rings is 2. The molecule has 0 aliphatic carbocycles. The van der Waals surface area contributed by atoms with E-state index in [1.165, 1.54) is 19.1 Å². The molecule has 0 aliphatic heterocycles. The zero-order valence-electron chi connectivity index (χ0n) is 12.2. The maximum atomic E-state index is 13.5. The highest BCUT2D eigenvalue weighted by Crippen LogP contribution is 2.18. The van der Waals surface area contributed by atoms with Gasteiger partial charge in [-0.3, -0.25) is 4.79 Å². The van der Waals surface area contributed by atoms with Gasteiger partial charge in [-0.25, -0.2) is 9.18 Å². The fourth-order valence-electron chi connectivity index (χ4n) is 1.76. The van der Waals surface area contributed by atoms with Crippen molar-refractivity contribution < 1.29 is 18.7 Å². The zero-order valence-corrected chi connectivity index (χ0v) is 13.8. The van der Waals surface area contributed by atoms with Gasteiger partial charge in [0.25, 0.3) is 0 Å². The van der Waals surface area contributed by atoms with E-state index < -0.39 is 11.8 Å². The van der Waals surface area contributed by atoms with Gasteiger partial charge in [0.1, 0.15) is 11.6 Å². The van der Waals surface area contributed by atoms with Crippen molar-refractivity contribution >= 4 is 39.6 Å². The Morgan fingerprint density at radius 1 is 1.17 bits per heavy atom. The second-order valence-corrected chi connectivity index (χ2v) is 5.54. The summed E-state index contributed by atoms with van der Waals surface area (Å²) in [4.78, 5) is 22.6. The molecule has 0 spiro atoms. The molecule has 4 nitrogen and oxygen atoms in total. The lowest BCUT2D eigenvalue weighted by Crippen LogP contribution is -2.06. The molecule has 0 aliphatic rings. The Morgan fingerprint density at radius 2 is 1.87 bits per heavy atom. The number of carbonyl (C=O) groups excluding carboxylic acids is 2. The van der Waals surface area contributed by atoms with Crippen LogP contribution < -0.4 is 10.1 Å². The van der Waals surface area contributed by atoms with Crippen LogP contribution in [-0.2, 0) is 9.59 Å². The standard InChI is InChI=1S/C17H13BrFNO3/c1-11(21)20-14-4-6-15(7-5-14)23-17(22)9-2-12-10-13(18)3-8-16(12)19/h2-10H,1H3,(H,20,21)/b9-2+. The van der Waals surface area contributed by atoms with Gasteiger partial charge in [0.15, 0.2) is 0 Å². The third-order valence-electron chi connectivity index (χ3n) is 2.75. The van der Waals surface area contributed by atoms with Gasteiger partial charge in [0, 0.05) is 28.7 Å². The van der Waals surface area contributed by atoms with Crippen LogP contribution in [0.15, 0.2) is 53.0 Å². The number of anilines is 1. The van der Waals surface area contributed by atoms with Crippen LogP contribution in [0, 0.1) is 5.82 Å². The van der Waals surface area contributed by atoms with Crippen LogP contribution in [0.3, 0.4) is 0 Å². The largest absolute Gasteiger partial charge is 0.423 e. The van der Waals surface area contributed by atoms with Crippen molar-refractivity contribution in [3.05, 3.63) is 64.4 Å². The Morgan fingerprint density at radius 3 is 2.52 bits per heavy atom. The first-order valence-electron chi connectivity index (χ1n) is 6.66. The van der Waals surface area contributed by atoms with Gasteiger partial charge in [-0.15, -0.1) is 0 Å². The number of carbonyl (C=O) groups is 2. The molecule has 1 amide bonds. The Hall–Kier alpha value is -2.47. The number of rotatable bonds is 4. The molecule has 0 fully saturated rings. The molecule has 2 aromatic carbocycles. The lowest BCUT2D eigenvalue weighted by atomic mass is 10.2. The summed E-state index contributed by atoms with van der Waals surface area (Å²) < 4.78 is 19.3. The molecule has 0 saturated carbocycles. The van der Waals surface area contributed by atoms with Crippen LogP contribution in [0.2, 0.25) is 0 Å². The smallest absolute Gasteiger partial charge is 0.336 e. The molecule has 2 aromatic rings. The van der Waals surface area contributed by atoms with Crippen molar-refractivity contribution in [3.63, 3.8) is 0 Å². The number of halogens is 2. The van der Waals surface area contributed by atoms with Crippen molar-refractivity contribution in [2.45, 2.75) is 6.92 Å². The minimum Gasteiger partial charge on any atom is -0.423 e. The highest BCUT2D eigenvalue weighted by atomic mass is 79.9. The van der Waals surface area contributed by atoms with Crippen molar-refractivity contribution in [1.29, 1.82) is 0 Å². The van der Waals surface area contributed by atoms with Crippen LogP contribution in [0.5, 0.6) is 5.75 Å². The van der Waals surface area contributed by atoms with Crippen LogP contribution in [-0.4, -0.2) is 11.9 Å². The predicted octanol–water partition coefficient (Wildman–Crippen LogP) is 4.17. The summed E-state index contributed by atoms with van der Waals surface area (Å²) in [5.41, 5.74) is 0.876. The van der Waals surface area contributed by atoms with Crippen molar-refractivity contribution in [3.8, 4) is 5.75 Å². The Balaban J connectivity index is 2.00. The van der Waals surface area contributed by atoms with Crippen molar-refractivity contribution in [1.82, 2.24) is 0 Å². The number of hydrogen-bond acceptors (Lipinski definition) is 3. The van der Waals surface area contributed by atoms with Gasteiger partial charge >= 0.3 is 5.97 Å². The fraction of sp³-hybridized carbons (Fsp3) is 0.0588. The number of esters is 1. The van der Waals surface area contributed by atoms with E-state index in [1.807, 2.05) is 0 Å². The molecular weight excluding hydrogens is 365 g/mol. The minimum atomic E-state index is -0.628. The van der Waals surface area contributed by atoms with Gasteiger partial charge in [0.05, 0.1) is 0 Å².